The standard InChI is InChI=1S/C18H20ClN3O5S/c1-13(2)9-10-27-15-5-3-14(4-6-15)12-20-21-28(25,26)16-7-8-17(19)18(11-16)22(23)24/h3-8,11-13,21H,9-10H2,1-2H3/b20-12-. The summed E-state index contributed by atoms with van der Waals surface area (Å²) in [4.78, 5) is 11.8. The lowest BCUT2D eigenvalue weighted by Gasteiger charge is -2.08. The molecule has 0 unspecified atom stereocenters. The molecule has 0 aliphatic carbocycles. The van der Waals surface area contributed by atoms with E-state index >= 15 is 0 Å². The van der Waals surface area contributed by atoms with Gasteiger partial charge in [-0.25, -0.2) is 4.83 Å². The minimum Gasteiger partial charge on any atom is -0.494 e. The summed E-state index contributed by atoms with van der Waals surface area (Å²) in [6.07, 6.45) is 2.27. The zero-order chi connectivity index (χ0) is 20.7. The number of nitro groups is 1. The molecule has 0 saturated heterocycles. The van der Waals surface area contributed by atoms with Gasteiger partial charge < -0.3 is 4.74 Å². The third-order valence-corrected chi connectivity index (χ3v) is 5.20. The van der Waals surface area contributed by atoms with E-state index in [2.05, 4.69) is 18.9 Å². The van der Waals surface area contributed by atoms with Crippen molar-refractivity contribution in [3.05, 3.63) is 63.2 Å². The van der Waals surface area contributed by atoms with Gasteiger partial charge in [-0.1, -0.05) is 25.4 Å². The highest BCUT2D eigenvalue weighted by atomic mass is 35.5. The van der Waals surface area contributed by atoms with Crippen molar-refractivity contribution in [2.75, 3.05) is 6.61 Å². The first kappa shape index (κ1) is 21.6. The summed E-state index contributed by atoms with van der Waals surface area (Å²) >= 11 is 5.69. The minimum absolute atomic E-state index is 0.150. The number of nitrogens with zero attached hydrogens (tertiary/aromatic N) is 2. The summed E-state index contributed by atoms with van der Waals surface area (Å²) in [6, 6.07) is 10.2. The number of ether oxygens (including phenoxy) is 1. The fourth-order valence-corrected chi connectivity index (χ4v) is 3.08. The first-order chi connectivity index (χ1) is 13.2. The summed E-state index contributed by atoms with van der Waals surface area (Å²) in [5, 5.41) is 14.4. The Bertz CT molecular complexity index is 960. The summed E-state index contributed by atoms with van der Waals surface area (Å²) in [5.41, 5.74) is 0.155. The van der Waals surface area contributed by atoms with Gasteiger partial charge in [-0.3, -0.25) is 10.1 Å². The van der Waals surface area contributed by atoms with Crippen molar-refractivity contribution in [2.45, 2.75) is 25.2 Å². The second-order valence-corrected chi connectivity index (χ2v) is 8.39. The number of hydrogen-bond acceptors (Lipinski definition) is 6. The van der Waals surface area contributed by atoms with Crippen LogP contribution in [0, 0.1) is 16.0 Å². The third kappa shape index (κ3) is 6.21. The predicted molar refractivity (Wildman–Crippen MR) is 107 cm³/mol. The van der Waals surface area contributed by atoms with Crippen LogP contribution in [0.3, 0.4) is 0 Å². The number of sulfonamides is 1. The fraction of sp³-hybridized carbons (Fsp3) is 0.278. The normalized spacial score (nSPS) is 11.7. The molecule has 0 aromatic heterocycles. The SMILES string of the molecule is CC(C)CCOc1ccc(/C=N\NS(=O)(=O)c2ccc(Cl)c([N+](=O)[O-])c2)cc1. The molecule has 0 aliphatic heterocycles. The van der Waals surface area contributed by atoms with E-state index in [1.807, 2.05) is 4.83 Å². The highest BCUT2D eigenvalue weighted by molar-refractivity contribution is 7.89. The summed E-state index contributed by atoms with van der Waals surface area (Å²) in [5.74, 6) is 1.27. The van der Waals surface area contributed by atoms with Gasteiger partial charge in [0.25, 0.3) is 15.7 Å². The van der Waals surface area contributed by atoms with Gasteiger partial charge in [0, 0.05) is 6.07 Å². The lowest BCUT2D eigenvalue weighted by molar-refractivity contribution is -0.384. The number of nitro benzene ring substituents is 1. The molecule has 0 atom stereocenters. The number of nitrogens with one attached hydrogen (secondary N) is 1. The molecular weight excluding hydrogens is 406 g/mol. The second kappa shape index (κ2) is 9.52. The summed E-state index contributed by atoms with van der Waals surface area (Å²) in [7, 11) is -4.07. The zero-order valence-electron chi connectivity index (χ0n) is 15.3. The molecule has 0 saturated carbocycles. The van der Waals surface area contributed by atoms with Crippen molar-refractivity contribution < 1.29 is 18.1 Å². The molecular formula is C18H20ClN3O5S. The molecule has 2 rings (SSSR count). The Balaban J connectivity index is 2.01. The molecule has 0 aliphatic rings. The quantitative estimate of drug-likeness (QED) is 0.371. The van der Waals surface area contributed by atoms with Crippen LogP contribution in [0.25, 0.3) is 0 Å². The topological polar surface area (TPSA) is 111 Å². The fourth-order valence-electron chi connectivity index (χ4n) is 2.09. The van der Waals surface area contributed by atoms with Crippen LogP contribution in [0.15, 0.2) is 52.5 Å². The minimum atomic E-state index is -4.07. The van der Waals surface area contributed by atoms with Crippen LogP contribution in [0.5, 0.6) is 5.75 Å². The molecule has 0 bridgehead atoms. The number of halogens is 1. The average molecular weight is 426 g/mol. The summed E-state index contributed by atoms with van der Waals surface area (Å²) in [6.45, 7) is 4.86. The van der Waals surface area contributed by atoms with Gasteiger partial charge in [-0.05, 0) is 54.3 Å². The first-order valence-electron chi connectivity index (χ1n) is 8.40. The van der Waals surface area contributed by atoms with E-state index < -0.39 is 20.6 Å². The third-order valence-electron chi connectivity index (χ3n) is 3.66. The van der Waals surface area contributed by atoms with Crippen LogP contribution in [0.4, 0.5) is 5.69 Å². The van der Waals surface area contributed by atoms with Crippen molar-refractivity contribution in [1.82, 2.24) is 4.83 Å². The van der Waals surface area contributed by atoms with E-state index in [0.29, 0.717) is 23.8 Å². The molecule has 0 heterocycles. The highest BCUT2D eigenvalue weighted by Crippen LogP contribution is 2.26. The van der Waals surface area contributed by atoms with Crippen LogP contribution in [0.2, 0.25) is 5.02 Å². The molecule has 0 fully saturated rings. The van der Waals surface area contributed by atoms with Crippen molar-refractivity contribution in [2.24, 2.45) is 11.0 Å². The summed E-state index contributed by atoms with van der Waals surface area (Å²) < 4.78 is 30.1. The number of hydrazone groups is 1. The Morgan fingerprint density at radius 3 is 2.54 bits per heavy atom. The van der Waals surface area contributed by atoms with Gasteiger partial charge in [0.1, 0.15) is 10.8 Å². The monoisotopic (exact) mass is 425 g/mol. The molecule has 0 spiro atoms. The molecule has 10 heteroatoms. The Morgan fingerprint density at radius 1 is 1.25 bits per heavy atom. The van der Waals surface area contributed by atoms with Crippen LogP contribution in [0.1, 0.15) is 25.8 Å². The van der Waals surface area contributed by atoms with E-state index in [0.717, 1.165) is 24.6 Å². The maximum Gasteiger partial charge on any atom is 0.289 e. The average Bonchev–Trinajstić information content (AvgIpc) is 2.62. The van der Waals surface area contributed by atoms with Gasteiger partial charge in [0.15, 0.2) is 0 Å². The Morgan fingerprint density at radius 2 is 1.93 bits per heavy atom. The number of hydrogen-bond donors (Lipinski definition) is 1. The molecule has 2 aromatic rings. The first-order valence-corrected chi connectivity index (χ1v) is 10.3. The van der Waals surface area contributed by atoms with E-state index in [1.165, 1.54) is 6.21 Å². The van der Waals surface area contributed by atoms with Gasteiger partial charge >= 0.3 is 0 Å². The number of benzene rings is 2. The molecule has 2 aromatic carbocycles. The van der Waals surface area contributed by atoms with Gasteiger partial charge in [-0.2, -0.15) is 13.5 Å². The zero-order valence-corrected chi connectivity index (χ0v) is 16.9. The van der Waals surface area contributed by atoms with Gasteiger partial charge in [0.2, 0.25) is 0 Å². The van der Waals surface area contributed by atoms with Crippen LogP contribution in [-0.2, 0) is 10.0 Å². The van der Waals surface area contributed by atoms with Gasteiger partial charge in [0.05, 0.1) is 22.6 Å². The van der Waals surface area contributed by atoms with E-state index in [1.54, 1.807) is 24.3 Å². The van der Waals surface area contributed by atoms with Crippen molar-refractivity contribution >= 4 is 33.5 Å². The van der Waals surface area contributed by atoms with Crippen LogP contribution < -0.4 is 9.57 Å². The maximum absolute atomic E-state index is 12.2. The smallest absolute Gasteiger partial charge is 0.289 e. The highest BCUT2D eigenvalue weighted by Gasteiger charge is 2.20. The predicted octanol–water partition coefficient (Wildman–Crippen LogP) is 3.99. The van der Waals surface area contributed by atoms with Crippen molar-refractivity contribution in [3.63, 3.8) is 0 Å². The van der Waals surface area contributed by atoms with Gasteiger partial charge in [-0.15, -0.1) is 0 Å². The van der Waals surface area contributed by atoms with Crippen molar-refractivity contribution in [3.8, 4) is 5.75 Å². The molecule has 28 heavy (non-hydrogen) atoms. The Hall–Kier alpha value is -2.65. The van der Waals surface area contributed by atoms with Crippen molar-refractivity contribution in [1.29, 1.82) is 0 Å². The van der Waals surface area contributed by atoms with Crippen LogP contribution in [-0.4, -0.2) is 26.2 Å². The number of rotatable bonds is 9. The molecule has 0 amide bonds. The Kier molecular flexibility index (Phi) is 7.36. The second-order valence-electron chi connectivity index (χ2n) is 6.32. The molecule has 8 nitrogen and oxygen atoms in total. The Labute approximate surface area is 168 Å². The molecule has 150 valence electrons. The largest absolute Gasteiger partial charge is 0.494 e. The maximum atomic E-state index is 12.2. The molecule has 1 N–H and O–H groups in total. The van der Waals surface area contributed by atoms with E-state index in [4.69, 9.17) is 16.3 Å². The van der Waals surface area contributed by atoms with E-state index in [9.17, 15) is 18.5 Å². The lowest BCUT2D eigenvalue weighted by Crippen LogP contribution is -2.18. The van der Waals surface area contributed by atoms with Crippen LogP contribution >= 0.6 is 11.6 Å². The molecule has 0 radical (unpaired) electrons. The van der Waals surface area contributed by atoms with E-state index in [-0.39, 0.29) is 9.92 Å². The lowest BCUT2D eigenvalue weighted by atomic mass is 10.1.